The summed E-state index contributed by atoms with van der Waals surface area (Å²) in [7, 11) is 0. The second kappa shape index (κ2) is 3.14. The first-order valence-electron chi connectivity index (χ1n) is 3.92. The van der Waals surface area contributed by atoms with Gasteiger partial charge in [-0.1, -0.05) is 0 Å². The zero-order chi connectivity index (χ0) is 7.61. The molecule has 10 heavy (non-hydrogen) atoms. The minimum absolute atomic E-state index is 0.381. The van der Waals surface area contributed by atoms with Gasteiger partial charge in [-0.15, -0.1) is 0 Å². The first kappa shape index (κ1) is 8.41. The largest absolute Gasteiger partial charge is 0.312 e. The highest BCUT2D eigenvalue weighted by molar-refractivity contribution is 7.99. The summed E-state index contributed by atoms with van der Waals surface area (Å²) in [5.41, 5.74) is 0.381. The van der Waals surface area contributed by atoms with Crippen molar-refractivity contribution in [3.05, 3.63) is 0 Å². The Bertz CT molecular complexity index is 112. The van der Waals surface area contributed by atoms with Crippen molar-refractivity contribution >= 4 is 11.8 Å². The molecule has 0 saturated carbocycles. The Balaban J connectivity index is 2.40. The van der Waals surface area contributed by atoms with Gasteiger partial charge in [-0.25, -0.2) is 0 Å². The van der Waals surface area contributed by atoms with Crippen LogP contribution in [0.25, 0.3) is 0 Å². The molecule has 0 bridgehead atoms. The molecule has 1 aliphatic rings. The lowest BCUT2D eigenvalue weighted by atomic mass is 9.93. The molecule has 1 N–H and O–H groups in total. The maximum atomic E-state index is 3.51. The van der Waals surface area contributed by atoms with Gasteiger partial charge in [-0.05, 0) is 39.5 Å². The monoisotopic (exact) mass is 159 g/mol. The van der Waals surface area contributed by atoms with Gasteiger partial charge in [0.1, 0.15) is 0 Å². The summed E-state index contributed by atoms with van der Waals surface area (Å²) in [5, 5.41) is 4.39. The molecule has 1 nitrogen and oxygen atoms in total. The summed E-state index contributed by atoms with van der Waals surface area (Å²) in [6.07, 6.45) is 4.87. The Morgan fingerprint density at radius 2 is 2.20 bits per heavy atom. The van der Waals surface area contributed by atoms with Gasteiger partial charge in [0.2, 0.25) is 0 Å². The van der Waals surface area contributed by atoms with E-state index >= 15 is 0 Å². The van der Waals surface area contributed by atoms with Gasteiger partial charge in [0.05, 0.1) is 0 Å². The Labute approximate surface area is 68.0 Å². The van der Waals surface area contributed by atoms with Crippen LogP contribution in [0.4, 0.5) is 0 Å². The molecule has 0 aliphatic carbocycles. The van der Waals surface area contributed by atoms with Crippen molar-refractivity contribution in [2.24, 2.45) is 0 Å². The first-order valence-corrected chi connectivity index (χ1v) is 5.21. The summed E-state index contributed by atoms with van der Waals surface area (Å²) in [6, 6.07) is 0. The minimum atomic E-state index is 0.381. The number of rotatable bonds is 1. The van der Waals surface area contributed by atoms with E-state index in [1.165, 1.54) is 19.4 Å². The maximum Gasteiger partial charge on any atom is 0.0135 e. The number of nitrogens with one attached hydrogen (secondary N) is 1. The second-order valence-corrected chi connectivity index (χ2v) is 4.80. The van der Waals surface area contributed by atoms with E-state index in [4.69, 9.17) is 0 Å². The molecule has 1 unspecified atom stereocenters. The lowest BCUT2D eigenvalue weighted by Gasteiger charge is -2.35. The average Bonchev–Trinajstić information content (AvgIpc) is 1.86. The van der Waals surface area contributed by atoms with Crippen molar-refractivity contribution < 1.29 is 0 Å². The summed E-state index contributed by atoms with van der Waals surface area (Å²) >= 11 is 2.01. The Kier molecular flexibility index (Phi) is 2.64. The van der Waals surface area contributed by atoms with Crippen LogP contribution in [0, 0.1) is 0 Å². The summed E-state index contributed by atoms with van der Waals surface area (Å²) in [5.74, 6) is 0. The van der Waals surface area contributed by atoms with Crippen LogP contribution < -0.4 is 5.32 Å². The van der Waals surface area contributed by atoms with Crippen molar-refractivity contribution in [1.29, 1.82) is 0 Å². The predicted molar refractivity (Wildman–Crippen MR) is 48.6 cm³/mol. The zero-order valence-electron chi connectivity index (χ0n) is 7.11. The van der Waals surface area contributed by atoms with E-state index in [0.29, 0.717) is 5.54 Å². The van der Waals surface area contributed by atoms with E-state index in [1.807, 2.05) is 11.8 Å². The molecule has 1 saturated heterocycles. The normalized spacial score (nSPS) is 32.1. The topological polar surface area (TPSA) is 12.0 Å². The SMILES string of the molecule is CSC1CCNC(C)(C)C1. The van der Waals surface area contributed by atoms with Crippen LogP contribution in [-0.4, -0.2) is 23.6 Å². The molecular formula is C8H17NS. The number of hydrogen-bond donors (Lipinski definition) is 1. The van der Waals surface area contributed by atoms with E-state index in [0.717, 1.165) is 5.25 Å². The van der Waals surface area contributed by atoms with Crippen molar-refractivity contribution in [3.8, 4) is 0 Å². The highest BCUT2D eigenvalue weighted by atomic mass is 32.2. The third kappa shape index (κ3) is 2.17. The standard InChI is InChI=1S/C8H17NS/c1-8(2)6-7(10-3)4-5-9-8/h7,9H,4-6H2,1-3H3. The van der Waals surface area contributed by atoms with Gasteiger partial charge in [-0.2, -0.15) is 11.8 Å². The number of piperidine rings is 1. The fourth-order valence-corrected chi connectivity index (χ4v) is 2.45. The second-order valence-electron chi connectivity index (χ2n) is 3.66. The van der Waals surface area contributed by atoms with Crippen molar-refractivity contribution in [2.45, 2.75) is 37.5 Å². The highest BCUT2D eigenvalue weighted by Crippen LogP contribution is 2.25. The average molecular weight is 159 g/mol. The van der Waals surface area contributed by atoms with Gasteiger partial charge in [0, 0.05) is 10.8 Å². The molecule has 1 rings (SSSR count). The Morgan fingerprint density at radius 1 is 1.50 bits per heavy atom. The molecule has 1 heterocycles. The smallest absolute Gasteiger partial charge is 0.0135 e. The fraction of sp³-hybridized carbons (Fsp3) is 1.00. The third-order valence-electron chi connectivity index (χ3n) is 2.14. The minimum Gasteiger partial charge on any atom is -0.312 e. The lowest BCUT2D eigenvalue weighted by molar-refractivity contribution is 0.311. The molecule has 1 aliphatic heterocycles. The molecule has 60 valence electrons. The van der Waals surface area contributed by atoms with Crippen LogP contribution in [0.2, 0.25) is 0 Å². The van der Waals surface area contributed by atoms with Crippen molar-refractivity contribution in [2.75, 3.05) is 12.8 Å². The lowest BCUT2D eigenvalue weighted by Crippen LogP contribution is -2.47. The third-order valence-corrected chi connectivity index (χ3v) is 3.21. The molecule has 0 aromatic carbocycles. The predicted octanol–water partition coefficient (Wildman–Crippen LogP) is 1.88. The van der Waals surface area contributed by atoms with Crippen LogP contribution in [-0.2, 0) is 0 Å². The summed E-state index contributed by atoms with van der Waals surface area (Å²) in [6.45, 7) is 5.77. The molecule has 1 atom stereocenters. The van der Waals surface area contributed by atoms with Crippen molar-refractivity contribution in [3.63, 3.8) is 0 Å². The molecule has 0 radical (unpaired) electrons. The number of thioether (sulfide) groups is 1. The van der Waals surface area contributed by atoms with E-state index < -0.39 is 0 Å². The Morgan fingerprint density at radius 3 is 2.60 bits per heavy atom. The molecule has 0 aromatic rings. The first-order chi connectivity index (χ1) is 4.64. The van der Waals surface area contributed by atoms with Gasteiger partial charge in [0.25, 0.3) is 0 Å². The van der Waals surface area contributed by atoms with E-state index in [9.17, 15) is 0 Å². The van der Waals surface area contributed by atoms with E-state index in [2.05, 4.69) is 25.4 Å². The number of hydrogen-bond acceptors (Lipinski definition) is 2. The summed E-state index contributed by atoms with van der Waals surface area (Å²) in [4.78, 5) is 0. The van der Waals surface area contributed by atoms with Crippen LogP contribution >= 0.6 is 11.8 Å². The molecule has 2 heteroatoms. The van der Waals surface area contributed by atoms with E-state index in [-0.39, 0.29) is 0 Å². The zero-order valence-corrected chi connectivity index (χ0v) is 7.92. The molecule has 1 fully saturated rings. The molecule has 0 amide bonds. The molecule has 0 spiro atoms. The highest BCUT2D eigenvalue weighted by Gasteiger charge is 2.26. The summed E-state index contributed by atoms with van der Waals surface area (Å²) < 4.78 is 0. The Hall–Kier alpha value is 0.310. The fourth-order valence-electron chi connectivity index (χ4n) is 1.52. The van der Waals surface area contributed by atoms with Crippen LogP contribution in [0.15, 0.2) is 0 Å². The van der Waals surface area contributed by atoms with Gasteiger partial charge >= 0.3 is 0 Å². The van der Waals surface area contributed by atoms with Crippen LogP contribution in [0.5, 0.6) is 0 Å². The van der Waals surface area contributed by atoms with Crippen LogP contribution in [0.1, 0.15) is 26.7 Å². The maximum absolute atomic E-state index is 3.51. The molecular weight excluding hydrogens is 142 g/mol. The molecule has 0 aromatic heterocycles. The van der Waals surface area contributed by atoms with E-state index in [1.54, 1.807) is 0 Å². The van der Waals surface area contributed by atoms with Gasteiger partial charge in [0.15, 0.2) is 0 Å². The van der Waals surface area contributed by atoms with Crippen molar-refractivity contribution in [1.82, 2.24) is 5.32 Å². The quantitative estimate of drug-likeness (QED) is 0.627. The van der Waals surface area contributed by atoms with Gasteiger partial charge in [-0.3, -0.25) is 0 Å². The van der Waals surface area contributed by atoms with Crippen LogP contribution in [0.3, 0.4) is 0 Å². The van der Waals surface area contributed by atoms with Gasteiger partial charge < -0.3 is 5.32 Å².